The largest absolute Gasteiger partial charge is 0.459 e. The molecule has 0 radical (unpaired) electrons. The number of halogens is 1. The molecule has 4 nitrogen and oxygen atoms in total. The van der Waals surface area contributed by atoms with Gasteiger partial charge in [-0.25, -0.2) is 0 Å². The maximum atomic E-state index is 12.7. The summed E-state index contributed by atoms with van der Waals surface area (Å²) in [7, 11) is 0. The fourth-order valence-corrected chi connectivity index (χ4v) is 5.34. The quantitative estimate of drug-likeness (QED) is 0.479. The van der Waals surface area contributed by atoms with Crippen LogP contribution in [0.2, 0.25) is 5.02 Å². The number of benzene rings is 1. The lowest BCUT2D eigenvalue weighted by atomic mass is 9.91. The van der Waals surface area contributed by atoms with Crippen LogP contribution in [0.3, 0.4) is 0 Å². The van der Waals surface area contributed by atoms with Gasteiger partial charge in [0, 0.05) is 15.5 Å². The second-order valence-electron chi connectivity index (χ2n) is 8.13. The second kappa shape index (κ2) is 8.96. The zero-order chi connectivity index (χ0) is 21.3. The summed E-state index contributed by atoms with van der Waals surface area (Å²) in [5.41, 5.74) is 3.60. The predicted molar refractivity (Wildman–Crippen MR) is 124 cm³/mol. The van der Waals surface area contributed by atoms with E-state index in [9.17, 15) is 4.79 Å². The molecule has 1 aliphatic rings. The van der Waals surface area contributed by atoms with E-state index in [1.54, 1.807) is 23.5 Å². The van der Waals surface area contributed by atoms with Crippen molar-refractivity contribution in [1.82, 2.24) is 4.90 Å². The van der Waals surface area contributed by atoms with E-state index in [1.165, 1.54) is 40.7 Å². The highest BCUT2D eigenvalue weighted by Gasteiger charge is 2.31. The molecule has 3 aromatic rings. The number of furan rings is 1. The summed E-state index contributed by atoms with van der Waals surface area (Å²) in [6, 6.07) is 11.6. The molecule has 0 spiro atoms. The van der Waals surface area contributed by atoms with Crippen molar-refractivity contribution in [1.29, 1.82) is 0 Å². The molecule has 4 rings (SSSR count). The number of piperidine rings is 1. The predicted octanol–water partition coefficient (Wildman–Crippen LogP) is 6.68. The van der Waals surface area contributed by atoms with Crippen LogP contribution in [0.5, 0.6) is 0 Å². The average Bonchev–Trinajstić information content (AvgIpc) is 3.36. The number of hydrogen-bond donors (Lipinski definition) is 1. The maximum absolute atomic E-state index is 12.7. The lowest BCUT2D eigenvalue weighted by Crippen LogP contribution is -2.37. The summed E-state index contributed by atoms with van der Waals surface area (Å²) < 4.78 is 5.30. The molecule has 1 atom stereocenters. The SMILES string of the molecule is Cc1sc(NC(=O)c2ccco2)c([C@H](c2ccc(Cl)cc2)N2CCC(C)CC2)c1C. The van der Waals surface area contributed by atoms with Gasteiger partial charge in [0.05, 0.1) is 12.3 Å². The Morgan fingerprint density at radius 3 is 2.53 bits per heavy atom. The molecule has 0 bridgehead atoms. The summed E-state index contributed by atoms with van der Waals surface area (Å²) in [4.78, 5) is 16.5. The molecular weight excluding hydrogens is 416 g/mol. The molecule has 6 heteroatoms. The number of nitrogens with zero attached hydrogens (tertiary/aromatic N) is 1. The van der Waals surface area contributed by atoms with Gasteiger partial charge in [0.2, 0.25) is 0 Å². The van der Waals surface area contributed by atoms with E-state index in [4.69, 9.17) is 16.0 Å². The van der Waals surface area contributed by atoms with Crippen LogP contribution in [-0.2, 0) is 0 Å². The molecule has 1 fully saturated rings. The van der Waals surface area contributed by atoms with Crippen LogP contribution in [0.4, 0.5) is 5.00 Å². The van der Waals surface area contributed by atoms with Crippen LogP contribution >= 0.6 is 22.9 Å². The number of nitrogens with one attached hydrogen (secondary N) is 1. The minimum atomic E-state index is -0.218. The number of aryl methyl sites for hydroxylation is 1. The molecular formula is C24H27ClN2O2S. The van der Waals surface area contributed by atoms with Crippen molar-refractivity contribution < 1.29 is 9.21 Å². The Labute approximate surface area is 186 Å². The molecule has 0 unspecified atom stereocenters. The molecule has 158 valence electrons. The van der Waals surface area contributed by atoms with Crippen molar-refractivity contribution in [2.75, 3.05) is 18.4 Å². The summed E-state index contributed by atoms with van der Waals surface area (Å²) in [6.45, 7) is 8.66. The molecule has 1 aliphatic heterocycles. The van der Waals surface area contributed by atoms with Gasteiger partial charge in [-0.2, -0.15) is 0 Å². The average molecular weight is 443 g/mol. The Kier molecular flexibility index (Phi) is 6.32. The zero-order valence-corrected chi connectivity index (χ0v) is 19.1. The molecule has 1 N–H and O–H groups in total. The number of carbonyl (C=O) groups is 1. The first-order valence-electron chi connectivity index (χ1n) is 10.4. The van der Waals surface area contributed by atoms with E-state index in [0.717, 1.165) is 29.0 Å². The third-order valence-electron chi connectivity index (χ3n) is 6.05. The van der Waals surface area contributed by atoms with Gasteiger partial charge in [0.1, 0.15) is 5.00 Å². The van der Waals surface area contributed by atoms with Crippen molar-refractivity contribution in [2.45, 2.75) is 39.7 Å². The topological polar surface area (TPSA) is 45.5 Å². The summed E-state index contributed by atoms with van der Waals surface area (Å²) >= 11 is 7.81. The fraction of sp³-hybridized carbons (Fsp3) is 0.375. The standard InChI is InChI=1S/C24H27ClN2O2S/c1-15-10-12-27(13-11-15)22(18-6-8-19(25)9-7-18)21-16(2)17(3)30-24(21)26-23(28)20-5-4-14-29-20/h4-9,14-15,22H,10-13H2,1-3H3,(H,26,28)/t22-/m0/s1. The van der Waals surface area contributed by atoms with Gasteiger partial charge in [-0.15, -0.1) is 11.3 Å². The molecule has 0 saturated carbocycles. The summed E-state index contributed by atoms with van der Waals surface area (Å²) in [5.74, 6) is 0.847. The summed E-state index contributed by atoms with van der Waals surface area (Å²) in [5, 5.41) is 4.74. The highest BCUT2D eigenvalue weighted by molar-refractivity contribution is 7.16. The molecule has 1 aromatic carbocycles. The number of anilines is 1. The number of likely N-dealkylation sites (tertiary alicyclic amines) is 1. The van der Waals surface area contributed by atoms with Gasteiger partial charge in [0.15, 0.2) is 5.76 Å². The molecule has 30 heavy (non-hydrogen) atoms. The lowest BCUT2D eigenvalue weighted by molar-refractivity contribution is 0.0996. The van der Waals surface area contributed by atoms with E-state index in [1.807, 2.05) is 12.1 Å². The van der Waals surface area contributed by atoms with Crippen LogP contribution in [-0.4, -0.2) is 23.9 Å². The van der Waals surface area contributed by atoms with Gasteiger partial charge < -0.3 is 9.73 Å². The van der Waals surface area contributed by atoms with Crippen molar-refractivity contribution >= 4 is 33.8 Å². The minimum Gasteiger partial charge on any atom is -0.459 e. The van der Waals surface area contributed by atoms with Crippen LogP contribution in [0.15, 0.2) is 47.1 Å². The van der Waals surface area contributed by atoms with Crippen molar-refractivity contribution in [3.8, 4) is 0 Å². The molecule has 1 amide bonds. The van der Waals surface area contributed by atoms with Gasteiger partial charge in [-0.1, -0.05) is 30.7 Å². The molecule has 1 saturated heterocycles. The van der Waals surface area contributed by atoms with Crippen molar-refractivity contribution in [3.63, 3.8) is 0 Å². The number of amides is 1. The second-order valence-corrected chi connectivity index (χ2v) is 9.79. The normalized spacial score (nSPS) is 16.5. The first-order valence-corrected chi connectivity index (χ1v) is 11.6. The Hall–Kier alpha value is -2.08. The monoisotopic (exact) mass is 442 g/mol. The molecule has 0 aliphatic carbocycles. The van der Waals surface area contributed by atoms with E-state index in [0.29, 0.717) is 5.76 Å². The third kappa shape index (κ3) is 4.34. The van der Waals surface area contributed by atoms with E-state index in [-0.39, 0.29) is 11.9 Å². The Bertz CT molecular complexity index is 1000. The van der Waals surface area contributed by atoms with Gasteiger partial charge in [-0.3, -0.25) is 9.69 Å². The minimum absolute atomic E-state index is 0.0756. The van der Waals surface area contributed by atoms with Crippen LogP contribution < -0.4 is 5.32 Å². The number of rotatable bonds is 5. The van der Waals surface area contributed by atoms with Gasteiger partial charge in [0.25, 0.3) is 5.91 Å². The van der Waals surface area contributed by atoms with E-state index >= 15 is 0 Å². The van der Waals surface area contributed by atoms with Crippen molar-refractivity contribution in [2.24, 2.45) is 5.92 Å². The highest BCUT2D eigenvalue weighted by atomic mass is 35.5. The van der Waals surface area contributed by atoms with Crippen LogP contribution in [0, 0.1) is 19.8 Å². The first-order chi connectivity index (χ1) is 14.4. The lowest BCUT2D eigenvalue weighted by Gasteiger charge is -2.37. The smallest absolute Gasteiger partial charge is 0.291 e. The molecule has 2 aromatic heterocycles. The number of hydrogen-bond acceptors (Lipinski definition) is 4. The fourth-order valence-electron chi connectivity index (χ4n) is 4.13. The third-order valence-corrected chi connectivity index (χ3v) is 7.44. The molecule has 3 heterocycles. The summed E-state index contributed by atoms with van der Waals surface area (Å²) in [6.07, 6.45) is 3.88. The van der Waals surface area contributed by atoms with Crippen LogP contribution in [0.25, 0.3) is 0 Å². The van der Waals surface area contributed by atoms with E-state index in [2.05, 4.69) is 43.1 Å². The van der Waals surface area contributed by atoms with Crippen LogP contribution in [0.1, 0.15) is 57.9 Å². The highest BCUT2D eigenvalue weighted by Crippen LogP contribution is 2.43. The van der Waals surface area contributed by atoms with Crippen molar-refractivity contribution in [3.05, 3.63) is 75.0 Å². The number of thiophene rings is 1. The maximum Gasteiger partial charge on any atom is 0.291 e. The number of carbonyl (C=O) groups excluding carboxylic acids is 1. The Morgan fingerprint density at radius 2 is 1.90 bits per heavy atom. The Morgan fingerprint density at radius 1 is 1.20 bits per heavy atom. The zero-order valence-electron chi connectivity index (χ0n) is 17.6. The van der Waals surface area contributed by atoms with E-state index < -0.39 is 0 Å². The van der Waals surface area contributed by atoms with Gasteiger partial charge >= 0.3 is 0 Å². The first kappa shape index (κ1) is 21.2. The van der Waals surface area contributed by atoms with Gasteiger partial charge in [-0.05, 0) is 81.1 Å². The Balaban J connectivity index is 1.76.